The van der Waals surface area contributed by atoms with Gasteiger partial charge in [0, 0.05) is 13.1 Å². The molecule has 0 aromatic heterocycles. The number of esters is 2. The molecule has 0 aliphatic heterocycles. The van der Waals surface area contributed by atoms with Crippen LogP contribution in [-0.4, -0.2) is 74.2 Å². The monoisotopic (exact) mass is 400 g/mol. The average Bonchev–Trinajstić information content (AvgIpc) is 2.68. The van der Waals surface area contributed by atoms with Crippen molar-refractivity contribution >= 4 is 24.3 Å². The Labute approximate surface area is 169 Å². The number of rotatable bonds is 12. The molecule has 0 spiro atoms. The van der Waals surface area contributed by atoms with Crippen LogP contribution in [0.2, 0.25) is 0 Å². The summed E-state index contributed by atoms with van der Waals surface area (Å²) >= 11 is 0. The summed E-state index contributed by atoms with van der Waals surface area (Å²) in [5, 5.41) is 0. The van der Waals surface area contributed by atoms with Crippen LogP contribution in [0.5, 0.6) is 0 Å². The van der Waals surface area contributed by atoms with E-state index in [-0.39, 0.29) is 23.5 Å². The SMILES string of the molecule is CCN(CC)CCOC(=O)c1ccccc1C(=O)OCCN(CC)CC.Cl. The van der Waals surface area contributed by atoms with E-state index in [0.717, 1.165) is 26.2 Å². The number of ether oxygens (including phenoxy) is 2. The van der Waals surface area contributed by atoms with Crippen LogP contribution in [0.1, 0.15) is 48.4 Å². The summed E-state index contributed by atoms with van der Waals surface area (Å²) in [7, 11) is 0. The van der Waals surface area contributed by atoms with E-state index in [1.54, 1.807) is 24.3 Å². The highest BCUT2D eigenvalue weighted by Crippen LogP contribution is 2.12. The van der Waals surface area contributed by atoms with E-state index in [4.69, 9.17) is 9.47 Å². The van der Waals surface area contributed by atoms with Crippen LogP contribution in [0.3, 0.4) is 0 Å². The van der Waals surface area contributed by atoms with Crippen LogP contribution in [0, 0.1) is 0 Å². The third-order valence-corrected chi connectivity index (χ3v) is 4.44. The van der Waals surface area contributed by atoms with Crippen LogP contribution >= 0.6 is 12.4 Å². The van der Waals surface area contributed by atoms with Crippen LogP contribution in [0.4, 0.5) is 0 Å². The Morgan fingerprint density at radius 2 is 1.07 bits per heavy atom. The summed E-state index contributed by atoms with van der Waals surface area (Å²) in [6.45, 7) is 13.8. The van der Waals surface area contributed by atoms with E-state index < -0.39 is 11.9 Å². The van der Waals surface area contributed by atoms with E-state index in [1.165, 1.54) is 0 Å². The van der Waals surface area contributed by atoms with E-state index >= 15 is 0 Å². The number of carbonyl (C=O) groups excluding carboxylic acids is 2. The molecule has 27 heavy (non-hydrogen) atoms. The van der Waals surface area contributed by atoms with Crippen molar-refractivity contribution in [3.8, 4) is 0 Å². The molecule has 0 heterocycles. The number of carbonyl (C=O) groups is 2. The Morgan fingerprint density at radius 1 is 0.741 bits per heavy atom. The molecule has 0 amide bonds. The van der Waals surface area contributed by atoms with E-state index in [2.05, 4.69) is 37.5 Å². The first kappa shape index (κ1) is 25.4. The first-order valence-corrected chi connectivity index (χ1v) is 9.45. The molecule has 1 rings (SSSR count). The Hall–Kier alpha value is -1.63. The lowest BCUT2D eigenvalue weighted by atomic mass is 10.1. The van der Waals surface area contributed by atoms with Crippen molar-refractivity contribution in [3.05, 3.63) is 35.4 Å². The molecule has 6 nitrogen and oxygen atoms in total. The van der Waals surface area contributed by atoms with Gasteiger partial charge in [-0.3, -0.25) is 0 Å². The molecule has 1 aromatic rings. The summed E-state index contributed by atoms with van der Waals surface area (Å²) in [6, 6.07) is 6.63. The topological polar surface area (TPSA) is 59.1 Å². The Morgan fingerprint density at radius 3 is 1.37 bits per heavy atom. The van der Waals surface area contributed by atoms with Crippen molar-refractivity contribution in [1.82, 2.24) is 9.80 Å². The minimum atomic E-state index is -0.492. The molecule has 0 saturated carbocycles. The lowest BCUT2D eigenvalue weighted by Crippen LogP contribution is -2.29. The van der Waals surface area contributed by atoms with Crippen molar-refractivity contribution in [1.29, 1.82) is 0 Å². The van der Waals surface area contributed by atoms with Gasteiger partial charge in [-0.05, 0) is 38.3 Å². The Bertz CT molecular complexity index is 512. The molecular formula is C20H33ClN2O4. The summed E-state index contributed by atoms with van der Waals surface area (Å²) in [6.07, 6.45) is 0. The van der Waals surface area contributed by atoms with Gasteiger partial charge in [-0.15, -0.1) is 12.4 Å². The lowest BCUT2D eigenvalue weighted by molar-refractivity contribution is 0.0420. The normalized spacial score (nSPS) is 10.6. The van der Waals surface area contributed by atoms with E-state index in [1.807, 2.05) is 0 Å². The first-order valence-electron chi connectivity index (χ1n) is 9.45. The van der Waals surface area contributed by atoms with Gasteiger partial charge in [0.2, 0.25) is 0 Å². The van der Waals surface area contributed by atoms with Gasteiger partial charge in [-0.1, -0.05) is 39.8 Å². The zero-order valence-electron chi connectivity index (χ0n) is 16.9. The number of hydrogen-bond acceptors (Lipinski definition) is 6. The maximum atomic E-state index is 12.3. The van der Waals surface area contributed by atoms with Crippen molar-refractivity contribution in [2.75, 3.05) is 52.5 Å². The molecule has 0 fully saturated rings. The minimum Gasteiger partial charge on any atom is -0.461 e. The molecule has 7 heteroatoms. The van der Waals surface area contributed by atoms with Crippen LogP contribution in [0.25, 0.3) is 0 Å². The van der Waals surface area contributed by atoms with E-state index in [9.17, 15) is 9.59 Å². The van der Waals surface area contributed by atoms with Gasteiger partial charge >= 0.3 is 11.9 Å². The number of benzene rings is 1. The second kappa shape index (κ2) is 14.4. The van der Waals surface area contributed by atoms with Crippen molar-refractivity contribution in [2.45, 2.75) is 27.7 Å². The van der Waals surface area contributed by atoms with Gasteiger partial charge in [-0.25, -0.2) is 9.59 Å². The molecule has 0 atom stereocenters. The molecule has 0 bridgehead atoms. The van der Waals surface area contributed by atoms with Gasteiger partial charge < -0.3 is 19.3 Å². The quantitative estimate of drug-likeness (QED) is 0.502. The minimum absolute atomic E-state index is 0. The second-order valence-corrected chi connectivity index (χ2v) is 5.87. The zero-order chi connectivity index (χ0) is 19.4. The predicted molar refractivity (Wildman–Crippen MR) is 110 cm³/mol. The summed E-state index contributed by atoms with van der Waals surface area (Å²) in [4.78, 5) is 29.0. The van der Waals surface area contributed by atoms with Crippen LogP contribution < -0.4 is 0 Å². The second-order valence-electron chi connectivity index (χ2n) is 5.87. The fraction of sp³-hybridized carbons (Fsp3) is 0.600. The fourth-order valence-corrected chi connectivity index (χ4v) is 2.61. The van der Waals surface area contributed by atoms with Crippen molar-refractivity contribution in [3.63, 3.8) is 0 Å². The third kappa shape index (κ3) is 8.73. The molecule has 0 unspecified atom stereocenters. The third-order valence-electron chi connectivity index (χ3n) is 4.44. The highest BCUT2D eigenvalue weighted by Gasteiger charge is 2.19. The Kier molecular flexibility index (Phi) is 13.6. The molecule has 0 aliphatic rings. The Balaban J connectivity index is 0.00000676. The molecule has 1 aromatic carbocycles. The smallest absolute Gasteiger partial charge is 0.339 e. The highest BCUT2D eigenvalue weighted by atomic mass is 35.5. The molecular weight excluding hydrogens is 368 g/mol. The maximum absolute atomic E-state index is 12.3. The first-order chi connectivity index (χ1) is 12.6. The largest absolute Gasteiger partial charge is 0.461 e. The average molecular weight is 401 g/mol. The summed E-state index contributed by atoms with van der Waals surface area (Å²) in [5.41, 5.74) is 0.500. The van der Waals surface area contributed by atoms with Crippen molar-refractivity contribution < 1.29 is 19.1 Å². The standard InChI is InChI=1S/C20H32N2O4.ClH/c1-5-21(6-2)13-15-25-19(23)17-11-9-10-12-18(17)20(24)26-16-14-22(7-3)8-4;/h9-12H,5-8,13-16H2,1-4H3;1H. The van der Waals surface area contributed by atoms with Gasteiger partial charge in [0.05, 0.1) is 11.1 Å². The molecule has 0 radical (unpaired) electrons. The number of halogens is 1. The predicted octanol–water partition coefficient (Wildman–Crippen LogP) is 3.11. The van der Waals surface area contributed by atoms with Crippen LogP contribution in [-0.2, 0) is 9.47 Å². The highest BCUT2D eigenvalue weighted by molar-refractivity contribution is 6.03. The number of nitrogens with zero attached hydrogens (tertiary/aromatic N) is 2. The van der Waals surface area contributed by atoms with Gasteiger partial charge in [0.1, 0.15) is 13.2 Å². The molecule has 0 N–H and O–H groups in total. The summed E-state index contributed by atoms with van der Waals surface area (Å²) in [5.74, 6) is -0.984. The molecule has 154 valence electrons. The fourth-order valence-electron chi connectivity index (χ4n) is 2.61. The van der Waals surface area contributed by atoms with Gasteiger partial charge in [-0.2, -0.15) is 0 Å². The van der Waals surface area contributed by atoms with Crippen LogP contribution in [0.15, 0.2) is 24.3 Å². The van der Waals surface area contributed by atoms with E-state index in [0.29, 0.717) is 26.3 Å². The number of likely N-dealkylation sites (N-methyl/N-ethyl adjacent to an activating group) is 2. The van der Waals surface area contributed by atoms with Gasteiger partial charge in [0.25, 0.3) is 0 Å². The van der Waals surface area contributed by atoms with Gasteiger partial charge in [0.15, 0.2) is 0 Å². The molecule has 0 aliphatic carbocycles. The summed E-state index contributed by atoms with van der Waals surface area (Å²) < 4.78 is 10.7. The lowest BCUT2D eigenvalue weighted by Gasteiger charge is -2.18. The molecule has 0 saturated heterocycles. The maximum Gasteiger partial charge on any atom is 0.339 e. The van der Waals surface area contributed by atoms with Crippen molar-refractivity contribution in [2.24, 2.45) is 0 Å². The zero-order valence-corrected chi connectivity index (χ0v) is 17.7. The number of hydrogen-bond donors (Lipinski definition) is 0.